The molecule has 0 N–H and O–H groups in total. The Bertz CT molecular complexity index is 919. The molecule has 0 spiro atoms. The van der Waals surface area contributed by atoms with E-state index in [1.165, 1.54) is 49.1 Å². The average Bonchev–Trinajstić information content (AvgIpc) is 2.53. The Balaban J connectivity index is 2.02. The predicted octanol–water partition coefficient (Wildman–Crippen LogP) is 6.85. The van der Waals surface area contributed by atoms with Crippen LogP contribution in [0, 0.1) is 27.7 Å². The third kappa shape index (κ3) is 2.42. The molecule has 120 valence electrons. The fourth-order valence-electron chi connectivity index (χ4n) is 3.63. The number of rotatable bonds is 1. The summed E-state index contributed by atoms with van der Waals surface area (Å²) in [7, 11) is 0. The quantitative estimate of drug-likeness (QED) is 0.375. The molecule has 3 aromatic rings. The number of nitrogens with zero attached hydrogens (tertiary/aromatic N) is 1. The smallest absolute Gasteiger partial charge is 0.0602 e. The molecule has 2 heteroatoms. The summed E-state index contributed by atoms with van der Waals surface area (Å²) in [5.41, 5.74) is 9.11. The molecule has 0 bridgehead atoms. The summed E-state index contributed by atoms with van der Waals surface area (Å²) in [6.07, 6.45) is 0. The minimum Gasteiger partial charge on any atom is -0.308 e. The molecular weight excluding hydrogens is 310 g/mol. The Kier molecular flexibility index (Phi) is 3.65. The van der Waals surface area contributed by atoms with Gasteiger partial charge in [0.25, 0.3) is 0 Å². The number of fused-ring (bicyclic) bond motifs is 2. The van der Waals surface area contributed by atoms with Gasteiger partial charge in [0, 0.05) is 9.79 Å². The standard InChI is InChI=1S/C22H21NS/c1-14-9-10-19-21(13-14)24-20-8-6-5-7-18(20)23(19)22-16(3)11-15(2)12-17(22)4/h5-13H,1-4H3. The second-order valence-electron chi connectivity index (χ2n) is 6.62. The summed E-state index contributed by atoms with van der Waals surface area (Å²) in [6.45, 7) is 8.76. The van der Waals surface area contributed by atoms with Crippen LogP contribution in [0.5, 0.6) is 0 Å². The lowest BCUT2D eigenvalue weighted by Gasteiger charge is -2.35. The highest BCUT2D eigenvalue weighted by Gasteiger charge is 2.26. The third-order valence-electron chi connectivity index (χ3n) is 4.54. The molecule has 1 heterocycles. The van der Waals surface area contributed by atoms with Crippen LogP contribution in [0.4, 0.5) is 17.1 Å². The highest BCUT2D eigenvalue weighted by Crippen LogP contribution is 2.52. The zero-order valence-electron chi connectivity index (χ0n) is 14.6. The monoisotopic (exact) mass is 331 g/mol. The van der Waals surface area contributed by atoms with Gasteiger partial charge in [0.15, 0.2) is 0 Å². The van der Waals surface area contributed by atoms with Crippen molar-refractivity contribution in [2.24, 2.45) is 0 Å². The maximum absolute atomic E-state index is 2.44. The SMILES string of the molecule is Cc1cc(C)c(N2c3ccccc3Sc3cc(C)ccc32)c(C)c1. The van der Waals surface area contributed by atoms with Crippen molar-refractivity contribution in [3.63, 3.8) is 0 Å². The zero-order valence-corrected chi connectivity index (χ0v) is 15.4. The van der Waals surface area contributed by atoms with E-state index in [2.05, 4.69) is 87.2 Å². The van der Waals surface area contributed by atoms with Crippen molar-refractivity contribution in [1.29, 1.82) is 0 Å². The number of para-hydroxylation sites is 1. The van der Waals surface area contributed by atoms with Gasteiger partial charge in [-0.2, -0.15) is 0 Å². The minimum absolute atomic E-state index is 1.27. The van der Waals surface area contributed by atoms with Crippen molar-refractivity contribution in [2.75, 3.05) is 4.90 Å². The fraction of sp³-hybridized carbons (Fsp3) is 0.182. The second-order valence-corrected chi connectivity index (χ2v) is 7.71. The van der Waals surface area contributed by atoms with Crippen molar-refractivity contribution >= 4 is 28.8 Å². The first-order valence-electron chi connectivity index (χ1n) is 8.30. The molecule has 1 aliphatic rings. The molecule has 0 aliphatic carbocycles. The maximum atomic E-state index is 2.44. The van der Waals surface area contributed by atoms with E-state index >= 15 is 0 Å². The molecule has 0 unspecified atom stereocenters. The van der Waals surface area contributed by atoms with Crippen molar-refractivity contribution in [2.45, 2.75) is 37.5 Å². The number of anilines is 3. The van der Waals surface area contributed by atoms with Gasteiger partial charge in [-0.1, -0.05) is 47.7 Å². The Morgan fingerprint density at radius 2 is 1.33 bits per heavy atom. The molecule has 0 fully saturated rings. The van der Waals surface area contributed by atoms with Crippen LogP contribution in [0.3, 0.4) is 0 Å². The lowest BCUT2D eigenvalue weighted by atomic mass is 10.0. The molecule has 1 aliphatic heterocycles. The topological polar surface area (TPSA) is 3.24 Å². The second kappa shape index (κ2) is 5.71. The maximum Gasteiger partial charge on any atom is 0.0602 e. The number of hydrogen-bond donors (Lipinski definition) is 0. The first kappa shape index (κ1) is 15.3. The molecule has 0 radical (unpaired) electrons. The van der Waals surface area contributed by atoms with Crippen LogP contribution in [-0.2, 0) is 0 Å². The lowest BCUT2D eigenvalue weighted by Crippen LogP contribution is -2.17. The average molecular weight is 331 g/mol. The summed E-state index contributed by atoms with van der Waals surface area (Å²) >= 11 is 1.87. The molecule has 0 aromatic heterocycles. The summed E-state index contributed by atoms with van der Waals surface area (Å²) in [5.74, 6) is 0. The van der Waals surface area contributed by atoms with Crippen LogP contribution in [0.1, 0.15) is 22.3 Å². The number of hydrogen-bond acceptors (Lipinski definition) is 2. The summed E-state index contributed by atoms with van der Waals surface area (Å²) in [6, 6.07) is 20.0. The van der Waals surface area contributed by atoms with Crippen molar-refractivity contribution < 1.29 is 0 Å². The van der Waals surface area contributed by atoms with E-state index in [-0.39, 0.29) is 0 Å². The first-order chi connectivity index (χ1) is 11.5. The number of benzene rings is 3. The molecule has 0 saturated heterocycles. The molecule has 3 aromatic carbocycles. The van der Waals surface area contributed by atoms with Gasteiger partial charge in [-0.25, -0.2) is 0 Å². The Hall–Kier alpha value is -2.19. The van der Waals surface area contributed by atoms with E-state index in [0.29, 0.717) is 0 Å². The summed E-state index contributed by atoms with van der Waals surface area (Å²) in [4.78, 5) is 5.08. The normalized spacial score (nSPS) is 12.8. The van der Waals surface area contributed by atoms with E-state index in [9.17, 15) is 0 Å². The molecule has 0 atom stereocenters. The molecule has 4 rings (SSSR count). The van der Waals surface area contributed by atoms with Crippen LogP contribution in [-0.4, -0.2) is 0 Å². The molecule has 0 saturated carbocycles. The summed E-state index contributed by atoms with van der Waals surface area (Å²) in [5, 5.41) is 0. The van der Waals surface area contributed by atoms with Crippen molar-refractivity contribution in [3.8, 4) is 0 Å². The minimum atomic E-state index is 1.27. The molecule has 24 heavy (non-hydrogen) atoms. The van der Waals surface area contributed by atoms with E-state index in [1.807, 2.05) is 11.8 Å². The molecular formula is C22H21NS. The fourth-order valence-corrected chi connectivity index (χ4v) is 4.79. The van der Waals surface area contributed by atoms with E-state index < -0.39 is 0 Å². The Morgan fingerprint density at radius 1 is 0.667 bits per heavy atom. The zero-order chi connectivity index (χ0) is 16.8. The van der Waals surface area contributed by atoms with Crippen LogP contribution >= 0.6 is 11.8 Å². The van der Waals surface area contributed by atoms with Gasteiger partial charge in [0.1, 0.15) is 0 Å². The van der Waals surface area contributed by atoms with Gasteiger partial charge in [-0.05, 0) is 68.7 Å². The van der Waals surface area contributed by atoms with Gasteiger partial charge >= 0.3 is 0 Å². The van der Waals surface area contributed by atoms with Gasteiger partial charge in [-0.3, -0.25) is 0 Å². The van der Waals surface area contributed by atoms with Crippen LogP contribution in [0.2, 0.25) is 0 Å². The van der Waals surface area contributed by atoms with Gasteiger partial charge in [0.2, 0.25) is 0 Å². The third-order valence-corrected chi connectivity index (χ3v) is 5.65. The number of aryl methyl sites for hydroxylation is 4. The summed E-state index contributed by atoms with van der Waals surface area (Å²) < 4.78 is 0. The first-order valence-corrected chi connectivity index (χ1v) is 9.12. The van der Waals surface area contributed by atoms with Crippen LogP contribution in [0.15, 0.2) is 64.4 Å². The van der Waals surface area contributed by atoms with E-state index in [0.717, 1.165) is 0 Å². The predicted molar refractivity (Wildman–Crippen MR) is 104 cm³/mol. The van der Waals surface area contributed by atoms with Gasteiger partial charge < -0.3 is 4.90 Å². The van der Waals surface area contributed by atoms with Crippen LogP contribution in [0.25, 0.3) is 0 Å². The lowest BCUT2D eigenvalue weighted by molar-refractivity contribution is 1.13. The van der Waals surface area contributed by atoms with E-state index in [4.69, 9.17) is 0 Å². The van der Waals surface area contributed by atoms with Crippen LogP contribution < -0.4 is 4.90 Å². The van der Waals surface area contributed by atoms with Gasteiger partial charge in [0.05, 0.1) is 17.1 Å². The van der Waals surface area contributed by atoms with Crippen molar-refractivity contribution in [1.82, 2.24) is 0 Å². The van der Waals surface area contributed by atoms with Crippen molar-refractivity contribution in [3.05, 3.63) is 76.9 Å². The Morgan fingerprint density at radius 3 is 2.08 bits per heavy atom. The highest BCUT2D eigenvalue weighted by molar-refractivity contribution is 7.99. The Labute approximate surface area is 148 Å². The van der Waals surface area contributed by atoms with Gasteiger partial charge in [-0.15, -0.1) is 0 Å². The largest absolute Gasteiger partial charge is 0.308 e. The van der Waals surface area contributed by atoms with E-state index in [1.54, 1.807) is 0 Å². The molecule has 1 nitrogen and oxygen atoms in total. The highest BCUT2D eigenvalue weighted by atomic mass is 32.2. The molecule has 0 amide bonds.